The van der Waals surface area contributed by atoms with Gasteiger partial charge in [-0.3, -0.25) is 25.2 Å². The fourth-order valence-electron chi connectivity index (χ4n) is 3.49. The van der Waals surface area contributed by atoms with Gasteiger partial charge in [0.25, 0.3) is 11.8 Å². The highest BCUT2D eigenvalue weighted by molar-refractivity contribution is 9.10. The van der Waals surface area contributed by atoms with Crippen molar-refractivity contribution >= 4 is 39.3 Å². The fraction of sp³-hybridized carbons (Fsp3) is 0.348. The van der Waals surface area contributed by atoms with Gasteiger partial charge in [0.05, 0.1) is 11.1 Å². The van der Waals surface area contributed by atoms with E-state index in [2.05, 4.69) is 32.1 Å². The van der Waals surface area contributed by atoms with Crippen molar-refractivity contribution in [3.05, 3.63) is 58.1 Å². The zero-order valence-corrected chi connectivity index (χ0v) is 19.0. The summed E-state index contributed by atoms with van der Waals surface area (Å²) in [7, 11) is 0. The van der Waals surface area contributed by atoms with Crippen molar-refractivity contribution < 1.29 is 19.1 Å². The molecule has 0 heterocycles. The van der Waals surface area contributed by atoms with Crippen molar-refractivity contribution in [1.29, 1.82) is 0 Å². The van der Waals surface area contributed by atoms with Crippen molar-refractivity contribution in [2.24, 2.45) is 5.92 Å². The first kappa shape index (κ1) is 22.8. The van der Waals surface area contributed by atoms with Crippen molar-refractivity contribution in [1.82, 2.24) is 10.9 Å². The standard InChI is InChI=1S/C23H26BrN3O4/c1-2-31-20-13-10-17(14-19(20)24)23(30)27-26-22(29)16-8-11-18(12-9-16)25-21(28)15-6-4-3-5-7-15/h8-15H,2-7H2,1H3,(H,25,28)(H,26,29)(H,27,30). The molecule has 2 aromatic rings. The van der Waals surface area contributed by atoms with Crippen LogP contribution in [-0.4, -0.2) is 24.3 Å². The number of amides is 3. The van der Waals surface area contributed by atoms with Gasteiger partial charge in [0, 0.05) is 22.7 Å². The van der Waals surface area contributed by atoms with Crippen LogP contribution in [-0.2, 0) is 4.79 Å². The SMILES string of the molecule is CCOc1ccc(C(=O)NNC(=O)c2ccc(NC(=O)C3CCCCC3)cc2)cc1Br. The lowest BCUT2D eigenvalue weighted by Crippen LogP contribution is -2.41. The number of halogens is 1. The second-order valence-electron chi connectivity index (χ2n) is 7.39. The van der Waals surface area contributed by atoms with E-state index in [-0.39, 0.29) is 11.8 Å². The monoisotopic (exact) mass is 487 g/mol. The third-order valence-corrected chi connectivity index (χ3v) is 5.79. The predicted octanol–water partition coefficient (Wildman–Crippen LogP) is 4.44. The van der Waals surface area contributed by atoms with E-state index in [1.807, 2.05) is 6.92 Å². The van der Waals surface area contributed by atoms with Gasteiger partial charge >= 0.3 is 0 Å². The Labute approximate surface area is 190 Å². The summed E-state index contributed by atoms with van der Waals surface area (Å²) in [5, 5.41) is 2.91. The van der Waals surface area contributed by atoms with Gasteiger partial charge in [0.1, 0.15) is 5.75 Å². The zero-order valence-electron chi connectivity index (χ0n) is 17.4. The molecule has 0 saturated heterocycles. The molecule has 8 heteroatoms. The van der Waals surface area contributed by atoms with Gasteiger partial charge in [-0.25, -0.2) is 0 Å². The van der Waals surface area contributed by atoms with Gasteiger partial charge < -0.3 is 10.1 Å². The van der Waals surface area contributed by atoms with Crippen LogP contribution in [0.3, 0.4) is 0 Å². The van der Waals surface area contributed by atoms with E-state index in [1.165, 1.54) is 6.42 Å². The lowest BCUT2D eigenvalue weighted by Gasteiger charge is -2.20. The molecular formula is C23H26BrN3O4. The van der Waals surface area contributed by atoms with Crippen LogP contribution in [0.25, 0.3) is 0 Å². The first-order valence-corrected chi connectivity index (χ1v) is 11.2. The number of anilines is 1. The lowest BCUT2D eigenvalue weighted by molar-refractivity contribution is -0.120. The quantitative estimate of drug-likeness (QED) is 0.524. The van der Waals surface area contributed by atoms with Crippen molar-refractivity contribution in [3.8, 4) is 5.75 Å². The molecule has 31 heavy (non-hydrogen) atoms. The molecule has 7 nitrogen and oxygen atoms in total. The van der Waals surface area contributed by atoms with E-state index in [0.29, 0.717) is 33.6 Å². The second kappa shape index (κ2) is 10.9. The average Bonchev–Trinajstić information content (AvgIpc) is 2.79. The highest BCUT2D eigenvalue weighted by Gasteiger charge is 2.21. The van der Waals surface area contributed by atoms with Gasteiger partial charge in [0.15, 0.2) is 0 Å². The molecule has 0 bridgehead atoms. The van der Waals surface area contributed by atoms with Crippen molar-refractivity contribution in [2.45, 2.75) is 39.0 Å². The molecule has 1 fully saturated rings. The van der Waals surface area contributed by atoms with Gasteiger partial charge in [-0.2, -0.15) is 0 Å². The lowest BCUT2D eigenvalue weighted by atomic mass is 9.88. The molecule has 3 rings (SSSR count). The third kappa shape index (κ3) is 6.30. The first-order chi connectivity index (χ1) is 15.0. The molecule has 0 spiro atoms. The maximum Gasteiger partial charge on any atom is 0.269 e. The summed E-state index contributed by atoms with van der Waals surface area (Å²) in [5.41, 5.74) is 6.18. The Hall–Kier alpha value is -2.87. The van der Waals surface area contributed by atoms with E-state index in [9.17, 15) is 14.4 Å². The molecule has 3 amide bonds. The van der Waals surface area contributed by atoms with Crippen LogP contribution in [0.4, 0.5) is 5.69 Å². The summed E-state index contributed by atoms with van der Waals surface area (Å²) in [6.07, 6.45) is 5.24. The molecule has 0 radical (unpaired) electrons. The highest BCUT2D eigenvalue weighted by Crippen LogP contribution is 2.26. The minimum atomic E-state index is -0.455. The minimum Gasteiger partial charge on any atom is -0.493 e. The van der Waals surface area contributed by atoms with E-state index in [4.69, 9.17) is 4.74 Å². The van der Waals surface area contributed by atoms with Crippen LogP contribution in [0.2, 0.25) is 0 Å². The smallest absolute Gasteiger partial charge is 0.269 e. The van der Waals surface area contributed by atoms with E-state index in [1.54, 1.807) is 42.5 Å². The molecule has 0 aromatic heterocycles. The Morgan fingerprint density at radius 1 is 0.935 bits per heavy atom. The Balaban J connectivity index is 1.51. The van der Waals surface area contributed by atoms with E-state index >= 15 is 0 Å². The summed E-state index contributed by atoms with van der Waals surface area (Å²) in [6, 6.07) is 11.5. The molecule has 1 aliphatic carbocycles. The number of hydrazine groups is 1. The maximum absolute atomic E-state index is 12.3. The van der Waals surface area contributed by atoms with E-state index < -0.39 is 11.8 Å². The molecule has 3 N–H and O–H groups in total. The van der Waals surface area contributed by atoms with Crippen LogP contribution < -0.4 is 20.9 Å². The van der Waals surface area contributed by atoms with Crippen LogP contribution >= 0.6 is 15.9 Å². The number of ether oxygens (including phenoxy) is 1. The Morgan fingerprint density at radius 2 is 1.55 bits per heavy atom. The molecular weight excluding hydrogens is 462 g/mol. The van der Waals surface area contributed by atoms with Crippen LogP contribution in [0, 0.1) is 5.92 Å². The Morgan fingerprint density at radius 3 is 2.16 bits per heavy atom. The van der Waals surface area contributed by atoms with Gasteiger partial charge in [0.2, 0.25) is 5.91 Å². The molecule has 0 unspecified atom stereocenters. The zero-order chi connectivity index (χ0) is 22.2. The minimum absolute atomic E-state index is 0.0330. The molecule has 164 valence electrons. The summed E-state index contributed by atoms with van der Waals surface area (Å²) in [4.78, 5) is 36.9. The molecule has 0 atom stereocenters. The number of nitrogens with one attached hydrogen (secondary N) is 3. The maximum atomic E-state index is 12.3. The summed E-state index contributed by atoms with van der Waals surface area (Å²) < 4.78 is 6.07. The number of hydrogen-bond donors (Lipinski definition) is 3. The largest absolute Gasteiger partial charge is 0.493 e. The number of carbonyl (C=O) groups is 3. The first-order valence-electron chi connectivity index (χ1n) is 10.4. The number of hydrogen-bond acceptors (Lipinski definition) is 4. The predicted molar refractivity (Wildman–Crippen MR) is 122 cm³/mol. The van der Waals surface area contributed by atoms with Gasteiger partial charge in [-0.1, -0.05) is 19.3 Å². The van der Waals surface area contributed by atoms with Crippen LogP contribution in [0.5, 0.6) is 5.75 Å². The topological polar surface area (TPSA) is 96.5 Å². The van der Waals surface area contributed by atoms with E-state index in [0.717, 1.165) is 25.7 Å². The average molecular weight is 488 g/mol. The Kier molecular flexibility index (Phi) is 8.06. The highest BCUT2D eigenvalue weighted by atomic mass is 79.9. The van der Waals surface area contributed by atoms with Crippen LogP contribution in [0.1, 0.15) is 59.7 Å². The van der Waals surface area contributed by atoms with Crippen molar-refractivity contribution in [3.63, 3.8) is 0 Å². The third-order valence-electron chi connectivity index (χ3n) is 5.17. The normalized spacial score (nSPS) is 13.9. The van der Waals surface area contributed by atoms with Crippen LogP contribution in [0.15, 0.2) is 46.9 Å². The molecule has 0 aliphatic heterocycles. The Bertz CT molecular complexity index is 940. The van der Waals surface area contributed by atoms with Gasteiger partial charge in [-0.05, 0) is 78.2 Å². The molecule has 1 aliphatic rings. The number of benzene rings is 2. The summed E-state index contributed by atoms with van der Waals surface area (Å²) in [6.45, 7) is 2.39. The second-order valence-corrected chi connectivity index (χ2v) is 8.24. The molecule has 1 saturated carbocycles. The van der Waals surface area contributed by atoms with Crippen molar-refractivity contribution in [2.75, 3.05) is 11.9 Å². The summed E-state index contributed by atoms with van der Waals surface area (Å²) in [5.74, 6) is -0.170. The number of carbonyl (C=O) groups excluding carboxylic acids is 3. The van der Waals surface area contributed by atoms with Gasteiger partial charge in [-0.15, -0.1) is 0 Å². The summed E-state index contributed by atoms with van der Waals surface area (Å²) >= 11 is 3.36. The molecule has 2 aromatic carbocycles. The fourth-order valence-corrected chi connectivity index (χ4v) is 3.98. The number of rotatable bonds is 6.